The smallest absolute Gasteiger partial charge is 0.173 e. The maximum atomic E-state index is 11.9. The lowest BCUT2D eigenvalue weighted by molar-refractivity contribution is 0.389. The van der Waals surface area contributed by atoms with Crippen LogP contribution in [0.2, 0.25) is 0 Å². The van der Waals surface area contributed by atoms with Crippen LogP contribution in [0.4, 0.5) is 0 Å². The van der Waals surface area contributed by atoms with Crippen molar-refractivity contribution in [2.45, 2.75) is 6.92 Å². The summed E-state index contributed by atoms with van der Waals surface area (Å²) in [4.78, 5) is 9.69. The van der Waals surface area contributed by atoms with Gasteiger partial charge in [0.15, 0.2) is 11.5 Å². The Morgan fingerprint density at radius 2 is 1.45 bits per heavy atom. The summed E-state index contributed by atoms with van der Waals surface area (Å²) in [6, 6.07) is 23.0. The lowest BCUT2D eigenvalue weighted by atomic mass is 10.1. The van der Waals surface area contributed by atoms with E-state index in [1.54, 1.807) is 42.5 Å². The van der Waals surface area contributed by atoms with E-state index in [0.717, 1.165) is 36.6 Å². The van der Waals surface area contributed by atoms with Crippen LogP contribution in [0.1, 0.15) is 5.56 Å². The van der Waals surface area contributed by atoms with Crippen LogP contribution in [0, 0.1) is 6.92 Å². The SMILES string of the molecule is COc1ccc(Oc2cc(OC)c(-n3cc(C)cn3)c(-c3nc4ccccc4s3)c2O)c(-c2nc3ccccc3s2)c1. The molecule has 3 aromatic heterocycles. The number of rotatable bonds is 7. The summed E-state index contributed by atoms with van der Waals surface area (Å²) in [5.41, 5.74) is 4.46. The molecule has 0 radical (unpaired) electrons. The zero-order valence-electron chi connectivity index (χ0n) is 22.9. The molecule has 0 fully saturated rings. The van der Waals surface area contributed by atoms with Crippen molar-refractivity contribution in [3.05, 3.63) is 90.8 Å². The number of aromatic nitrogens is 4. The van der Waals surface area contributed by atoms with Crippen LogP contribution in [0.15, 0.2) is 85.2 Å². The summed E-state index contributed by atoms with van der Waals surface area (Å²) in [5, 5.41) is 17.8. The van der Waals surface area contributed by atoms with Gasteiger partial charge in [-0.05, 0) is 55.0 Å². The molecule has 42 heavy (non-hydrogen) atoms. The van der Waals surface area contributed by atoms with E-state index < -0.39 is 0 Å². The lowest BCUT2D eigenvalue weighted by Gasteiger charge is -2.18. The predicted octanol–water partition coefficient (Wildman–Crippen LogP) is 8.25. The highest BCUT2D eigenvalue weighted by Crippen LogP contribution is 2.50. The minimum absolute atomic E-state index is 0.0796. The molecule has 10 heteroatoms. The number of benzene rings is 4. The van der Waals surface area contributed by atoms with E-state index in [9.17, 15) is 5.11 Å². The van der Waals surface area contributed by atoms with Crippen molar-refractivity contribution in [3.8, 4) is 55.6 Å². The molecule has 0 amide bonds. The number of ether oxygens (including phenoxy) is 3. The van der Waals surface area contributed by atoms with E-state index in [1.807, 2.05) is 79.9 Å². The Morgan fingerprint density at radius 1 is 0.762 bits per heavy atom. The summed E-state index contributed by atoms with van der Waals surface area (Å²) >= 11 is 3.03. The van der Waals surface area contributed by atoms with Gasteiger partial charge in [0.25, 0.3) is 0 Å². The maximum absolute atomic E-state index is 11.9. The number of aromatic hydroxyl groups is 1. The molecule has 0 saturated heterocycles. The highest BCUT2D eigenvalue weighted by atomic mass is 32.1. The van der Waals surface area contributed by atoms with Crippen LogP contribution in [-0.2, 0) is 0 Å². The van der Waals surface area contributed by atoms with Gasteiger partial charge in [-0.1, -0.05) is 24.3 Å². The van der Waals surface area contributed by atoms with Crippen LogP contribution >= 0.6 is 22.7 Å². The van der Waals surface area contributed by atoms with Gasteiger partial charge >= 0.3 is 0 Å². The molecule has 208 valence electrons. The third-order valence-electron chi connectivity index (χ3n) is 6.80. The van der Waals surface area contributed by atoms with Gasteiger partial charge in [0.2, 0.25) is 0 Å². The molecule has 0 atom stereocenters. The lowest BCUT2D eigenvalue weighted by Crippen LogP contribution is -2.03. The van der Waals surface area contributed by atoms with Crippen LogP contribution in [0.5, 0.6) is 28.7 Å². The van der Waals surface area contributed by atoms with Gasteiger partial charge in [0, 0.05) is 12.3 Å². The fourth-order valence-electron chi connectivity index (χ4n) is 4.79. The zero-order valence-corrected chi connectivity index (χ0v) is 24.5. The van der Waals surface area contributed by atoms with Crippen molar-refractivity contribution in [2.75, 3.05) is 14.2 Å². The Morgan fingerprint density at radius 3 is 2.10 bits per heavy atom. The van der Waals surface area contributed by atoms with E-state index in [-0.39, 0.29) is 11.5 Å². The van der Waals surface area contributed by atoms with Crippen LogP contribution in [-0.4, -0.2) is 39.1 Å². The summed E-state index contributed by atoms with van der Waals surface area (Å²) in [6.45, 7) is 1.96. The van der Waals surface area contributed by atoms with Crippen molar-refractivity contribution in [1.29, 1.82) is 0 Å². The molecule has 0 unspecified atom stereocenters. The first kappa shape index (κ1) is 26.0. The molecule has 0 aliphatic carbocycles. The molecule has 0 bridgehead atoms. The van der Waals surface area contributed by atoms with Crippen LogP contribution < -0.4 is 14.2 Å². The minimum Gasteiger partial charge on any atom is -0.504 e. The first-order chi connectivity index (χ1) is 20.5. The van der Waals surface area contributed by atoms with E-state index in [2.05, 4.69) is 5.10 Å². The second kappa shape index (κ2) is 10.5. The van der Waals surface area contributed by atoms with Crippen molar-refractivity contribution in [3.63, 3.8) is 0 Å². The average Bonchev–Trinajstić information content (AvgIpc) is 3.75. The summed E-state index contributed by atoms with van der Waals surface area (Å²) in [5.74, 6) is 1.77. The normalized spacial score (nSPS) is 11.3. The summed E-state index contributed by atoms with van der Waals surface area (Å²) < 4.78 is 21.6. The number of fused-ring (bicyclic) bond motifs is 2. The molecule has 4 aromatic carbocycles. The number of hydrogen-bond acceptors (Lipinski definition) is 9. The second-order valence-corrected chi connectivity index (χ2v) is 11.6. The standard InChI is InChI=1S/C32H24N4O4S2/c1-18-16-33-36(17-18)29-24(39-3)15-25(30(37)28(29)32-35-22-9-5-7-11-27(22)42-32)40-23-13-12-19(38-2)14-20(23)31-34-21-8-4-6-10-26(21)41-31/h4-17,37H,1-3H3. The number of thiazole rings is 2. The zero-order chi connectivity index (χ0) is 28.8. The van der Waals surface area contributed by atoms with Crippen molar-refractivity contribution in [2.24, 2.45) is 0 Å². The molecule has 0 aliphatic rings. The largest absolute Gasteiger partial charge is 0.504 e. The molecule has 7 aromatic rings. The van der Waals surface area contributed by atoms with Crippen LogP contribution in [0.25, 0.3) is 47.3 Å². The number of para-hydroxylation sites is 2. The molecule has 8 nitrogen and oxygen atoms in total. The van der Waals surface area contributed by atoms with E-state index in [4.69, 9.17) is 24.2 Å². The van der Waals surface area contributed by atoms with Crippen molar-refractivity contribution < 1.29 is 19.3 Å². The Kier molecular flexibility index (Phi) is 6.49. The number of methoxy groups -OCH3 is 2. The fraction of sp³-hybridized carbons (Fsp3) is 0.0938. The van der Waals surface area contributed by atoms with Gasteiger partial charge in [-0.3, -0.25) is 0 Å². The fourth-order valence-corrected chi connectivity index (χ4v) is 6.79. The van der Waals surface area contributed by atoms with Gasteiger partial charge < -0.3 is 19.3 Å². The summed E-state index contributed by atoms with van der Waals surface area (Å²) in [7, 11) is 3.20. The maximum Gasteiger partial charge on any atom is 0.173 e. The monoisotopic (exact) mass is 592 g/mol. The molecular formula is C32H24N4O4S2. The van der Waals surface area contributed by atoms with E-state index in [0.29, 0.717) is 33.5 Å². The third-order valence-corrected chi connectivity index (χ3v) is 8.93. The van der Waals surface area contributed by atoms with Gasteiger partial charge in [0.1, 0.15) is 33.0 Å². The number of phenols is 1. The highest BCUT2D eigenvalue weighted by molar-refractivity contribution is 7.22. The molecular weight excluding hydrogens is 569 g/mol. The molecule has 3 heterocycles. The Labute approximate surface area is 249 Å². The van der Waals surface area contributed by atoms with E-state index in [1.165, 1.54) is 11.3 Å². The summed E-state index contributed by atoms with van der Waals surface area (Å²) in [6.07, 6.45) is 3.63. The Hall–Kier alpha value is -4.93. The number of hydrogen-bond donors (Lipinski definition) is 1. The molecule has 7 rings (SSSR count). The number of nitrogens with zero attached hydrogens (tertiary/aromatic N) is 4. The highest BCUT2D eigenvalue weighted by Gasteiger charge is 2.27. The average molecular weight is 593 g/mol. The Bertz CT molecular complexity index is 2030. The first-order valence-electron chi connectivity index (χ1n) is 13.1. The van der Waals surface area contributed by atoms with Crippen molar-refractivity contribution >= 4 is 43.1 Å². The van der Waals surface area contributed by atoms with Gasteiger partial charge in [-0.2, -0.15) is 5.10 Å². The third kappa shape index (κ3) is 4.50. The number of aryl methyl sites for hydroxylation is 1. The molecule has 0 aliphatic heterocycles. The molecule has 0 spiro atoms. The molecule has 1 N–H and O–H groups in total. The molecule has 0 saturated carbocycles. The van der Waals surface area contributed by atoms with E-state index >= 15 is 0 Å². The van der Waals surface area contributed by atoms with Crippen LogP contribution in [0.3, 0.4) is 0 Å². The van der Waals surface area contributed by atoms with Gasteiger partial charge in [-0.15, -0.1) is 22.7 Å². The second-order valence-electron chi connectivity index (χ2n) is 9.55. The Balaban J connectivity index is 1.43. The van der Waals surface area contributed by atoms with Gasteiger partial charge in [0.05, 0.1) is 52.0 Å². The minimum atomic E-state index is -0.0796. The topological polar surface area (TPSA) is 91.5 Å². The van der Waals surface area contributed by atoms with Crippen molar-refractivity contribution in [1.82, 2.24) is 19.7 Å². The predicted molar refractivity (Wildman–Crippen MR) is 167 cm³/mol. The first-order valence-corrected chi connectivity index (χ1v) is 14.7. The quantitative estimate of drug-likeness (QED) is 0.199. The number of phenolic OH excluding ortho intramolecular Hbond substituents is 1. The van der Waals surface area contributed by atoms with Gasteiger partial charge in [-0.25, -0.2) is 14.6 Å².